The second kappa shape index (κ2) is 7.80. The zero-order valence-electron chi connectivity index (χ0n) is 16.5. The number of nitrogens with zero attached hydrogens (tertiary/aromatic N) is 4. The van der Waals surface area contributed by atoms with Gasteiger partial charge in [0.25, 0.3) is 0 Å². The maximum absolute atomic E-state index is 5.83. The van der Waals surface area contributed by atoms with E-state index in [2.05, 4.69) is 15.4 Å². The quantitative estimate of drug-likeness (QED) is 0.734. The van der Waals surface area contributed by atoms with E-state index in [4.69, 9.17) is 9.47 Å². The van der Waals surface area contributed by atoms with Gasteiger partial charge < -0.3 is 19.7 Å². The van der Waals surface area contributed by atoms with Crippen LogP contribution in [-0.4, -0.2) is 42.1 Å². The molecule has 1 aromatic carbocycles. The SMILES string of the molecule is CN(C)c1ccc(NCc2cn(C)nc2-c2ccc3c(c2)OCCCO3)nc1. The van der Waals surface area contributed by atoms with Crippen molar-refractivity contribution in [1.29, 1.82) is 0 Å². The van der Waals surface area contributed by atoms with Crippen molar-refractivity contribution in [2.75, 3.05) is 37.5 Å². The van der Waals surface area contributed by atoms with E-state index in [-0.39, 0.29) is 0 Å². The summed E-state index contributed by atoms with van der Waals surface area (Å²) in [6.45, 7) is 1.98. The molecule has 0 saturated carbocycles. The number of nitrogens with one attached hydrogen (secondary N) is 1. The van der Waals surface area contributed by atoms with Gasteiger partial charge in [0.2, 0.25) is 0 Å². The van der Waals surface area contributed by atoms with Crippen LogP contribution in [0, 0.1) is 0 Å². The summed E-state index contributed by atoms with van der Waals surface area (Å²) in [4.78, 5) is 6.50. The number of anilines is 2. The summed E-state index contributed by atoms with van der Waals surface area (Å²) in [7, 11) is 5.93. The lowest BCUT2D eigenvalue weighted by molar-refractivity contribution is 0.297. The standard InChI is InChI=1S/C21H25N5O2/c1-25(2)17-6-8-20(23-13-17)22-12-16-14-26(3)24-21(16)15-5-7-18-19(11-15)28-10-4-9-27-18/h5-8,11,13-14H,4,9-10,12H2,1-3H3,(H,22,23). The van der Waals surface area contributed by atoms with Crippen molar-refractivity contribution in [3.05, 3.63) is 48.3 Å². The average Bonchev–Trinajstić information content (AvgIpc) is 2.92. The topological polar surface area (TPSA) is 64.4 Å². The average molecular weight is 379 g/mol. The van der Waals surface area contributed by atoms with Crippen LogP contribution >= 0.6 is 0 Å². The van der Waals surface area contributed by atoms with E-state index in [0.29, 0.717) is 19.8 Å². The van der Waals surface area contributed by atoms with E-state index < -0.39 is 0 Å². The molecule has 1 aliphatic rings. The Labute approximate surface area is 164 Å². The third-order valence-electron chi connectivity index (χ3n) is 4.65. The van der Waals surface area contributed by atoms with Crippen LogP contribution in [0.15, 0.2) is 42.7 Å². The van der Waals surface area contributed by atoms with Crippen LogP contribution in [0.3, 0.4) is 0 Å². The van der Waals surface area contributed by atoms with Gasteiger partial charge in [0.15, 0.2) is 11.5 Å². The lowest BCUT2D eigenvalue weighted by Gasteiger charge is -2.13. The van der Waals surface area contributed by atoms with Crippen LogP contribution in [0.5, 0.6) is 11.5 Å². The molecule has 0 spiro atoms. The molecule has 3 heterocycles. The van der Waals surface area contributed by atoms with E-state index in [1.54, 1.807) is 0 Å². The molecule has 0 amide bonds. The maximum atomic E-state index is 5.83. The first kappa shape index (κ1) is 18.2. The van der Waals surface area contributed by atoms with Crippen LogP contribution in [0.25, 0.3) is 11.3 Å². The molecule has 7 heteroatoms. The van der Waals surface area contributed by atoms with E-state index in [9.17, 15) is 0 Å². The largest absolute Gasteiger partial charge is 0.490 e. The van der Waals surface area contributed by atoms with E-state index in [1.165, 1.54) is 0 Å². The van der Waals surface area contributed by atoms with Gasteiger partial charge in [-0.1, -0.05) is 0 Å². The van der Waals surface area contributed by atoms with Gasteiger partial charge in [-0.25, -0.2) is 4.98 Å². The number of fused-ring (bicyclic) bond motifs is 1. The summed E-state index contributed by atoms with van der Waals surface area (Å²) >= 11 is 0. The highest BCUT2D eigenvalue weighted by molar-refractivity contribution is 5.67. The molecule has 2 aromatic heterocycles. The minimum absolute atomic E-state index is 0.631. The normalized spacial score (nSPS) is 13.1. The summed E-state index contributed by atoms with van der Waals surface area (Å²) in [6.07, 6.45) is 4.78. The molecule has 1 aliphatic heterocycles. The number of pyridine rings is 1. The molecule has 0 saturated heterocycles. The van der Waals surface area contributed by atoms with Crippen LogP contribution in [-0.2, 0) is 13.6 Å². The molecule has 0 radical (unpaired) electrons. The number of rotatable bonds is 5. The van der Waals surface area contributed by atoms with Crippen LogP contribution < -0.4 is 19.7 Å². The summed E-state index contributed by atoms with van der Waals surface area (Å²) in [5, 5.41) is 8.04. The Kier molecular flexibility index (Phi) is 5.06. The highest BCUT2D eigenvalue weighted by Crippen LogP contribution is 2.34. The van der Waals surface area contributed by atoms with Gasteiger partial charge in [-0.2, -0.15) is 5.10 Å². The Bertz CT molecular complexity index is 950. The van der Waals surface area contributed by atoms with Crippen molar-refractivity contribution in [2.24, 2.45) is 7.05 Å². The van der Waals surface area contributed by atoms with Crippen LogP contribution in [0.4, 0.5) is 11.5 Å². The van der Waals surface area contributed by atoms with Crippen LogP contribution in [0.2, 0.25) is 0 Å². The summed E-state index contributed by atoms with van der Waals surface area (Å²) in [5.74, 6) is 2.40. The lowest BCUT2D eigenvalue weighted by Crippen LogP contribution is -2.09. The highest BCUT2D eigenvalue weighted by atomic mass is 16.5. The fourth-order valence-corrected chi connectivity index (χ4v) is 3.16. The predicted octanol–water partition coefficient (Wildman–Crippen LogP) is 3.32. The molecule has 0 bridgehead atoms. The minimum Gasteiger partial charge on any atom is -0.490 e. The van der Waals surface area contributed by atoms with E-state index >= 15 is 0 Å². The Balaban J connectivity index is 1.54. The number of benzene rings is 1. The molecule has 1 N–H and O–H groups in total. The van der Waals surface area contributed by atoms with E-state index in [0.717, 1.165) is 46.2 Å². The maximum Gasteiger partial charge on any atom is 0.161 e. The third-order valence-corrected chi connectivity index (χ3v) is 4.65. The molecule has 0 aliphatic carbocycles. The number of hydrogen-bond donors (Lipinski definition) is 1. The molecule has 0 unspecified atom stereocenters. The molecular formula is C21H25N5O2. The smallest absolute Gasteiger partial charge is 0.161 e. The fraction of sp³-hybridized carbons (Fsp3) is 0.333. The van der Waals surface area contributed by atoms with Crippen molar-refractivity contribution < 1.29 is 9.47 Å². The van der Waals surface area contributed by atoms with Crippen molar-refractivity contribution in [2.45, 2.75) is 13.0 Å². The van der Waals surface area contributed by atoms with Crippen LogP contribution in [0.1, 0.15) is 12.0 Å². The van der Waals surface area contributed by atoms with Crippen molar-refractivity contribution in [3.63, 3.8) is 0 Å². The van der Waals surface area contributed by atoms with Crippen molar-refractivity contribution in [1.82, 2.24) is 14.8 Å². The Morgan fingerprint density at radius 1 is 1.11 bits per heavy atom. The zero-order chi connectivity index (χ0) is 19.5. The van der Waals surface area contributed by atoms with Gasteiger partial charge in [-0.3, -0.25) is 4.68 Å². The van der Waals surface area contributed by atoms with Gasteiger partial charge in [0, 0.05) is 51.4 Å². The summed E-state index contributed by atoms with van der Waals surface area (Å²) < 4.78 is 13.4. The Hall–Kier alpha value is -3.22. The lowest BCUT2D eigenvalue weighted by atomic mass is 10.1. The molecule has 7 nitrogen and oxygen atoms in total. The first-order chi connectivity index (χ1) is 13.6. The number of ether oxygens (including phenoxy) is 2. The van der Waals surface area contributed by atoms with Gasteiger partial charge >= 0.3 is 0 Å². The zero-order valence-corrected chi connectivity index (χ0v) is 16.5. The fourth-order valence-electron chi connectivity index (χ4n) is 3.16. The Morgan fingerprint density at radius 2 is 1.93 bits per heavy atom. The monoisotopic (exact) mass is 379 g/mol. The molecule has 4 rings (SSSR count). The summed E-state index contributed by atoms with van der Waals surface area (Å²) in [5.41, 5.74) is 4.10. The second-order valence-electron chi connectivity index (χ2n) is 7.04. The van der Waals surface area contributed by atoms with E-state index in [1.807, 2.05) is 73.5 Å². The van der Waals surface area contributed by atoms with Gasteiger partial charge in [0.05, 0.1) is 30.8 Å². The summed E-state index contributed by atoms with van der Waals surface area (Å²) in [6, 6.07) is 10.0. The molecule has 146 valence electrons. The first-order valence-corrected chi connectivity index (χ1v) is 9.40. The van der Waals surface area contributed by atoms with Gasteiger partial charge in [-0.05, 0) is 30.3 Å². The molecule has 3 aromatic rings. The first-order valence-electron chi connectivity index (χ1n) is 9.40. The highest BCUT2D eigenvalue weighted by Gasteiger charge is 2.15. The molecule has 28 heavy (non-hydrogen) atoms. The molecule has 0 atom stereocenters. The molecular weight excluding hydrogens is 354 g/mol. The van der Waals surface area contributed by atoms with Gasteiger partial charge in [0.1, 0.15) is 5.82 Å². The number of aryl methyl sites for hydroxylation is 1. The number of aromatic nitrogens is 3. The Morgan fingerprint density at radius 3 is 2.68 bits per heavy atom. The van der Waals surface area contributed by atoms with Crippen molar-refractivity contribution >= 4 is 11.5 Å². The van der Waals surface area contributed by atoms with Gasteiger partial charge in [-0.15, -0.1) is 0 Å². The predicted molar refractivity (Wildman–Crippen MR) is 110 cm³/mol. The number of hydrogen-bond acceptors (Lipinski definition) is 6. The molecule has 0 fully saturated rings. The third kappa shape index (κ3) is 3.88. The minimum atomic E-state index is 0.631. The second-order valence-corrected chi connectivity index (χ2v) is 7.04. The van der Waals surface area contributed by atoms with Crippen molar-refractivity contribution in [3.8, 4) is 22.8 Å².